The molecule has 0 aliphatic heterocycles. The van der Waals surface area contributed by atoms with E-state index in [-0.39, 0.29) is 11.9 Å². The van der Waals surface area contributed by atoms with Crippen LogP contribution < -0.4 is 0 Å². The molecular formula is C18H34O6. The molecule has 0 aromatic carbocycles. The highest BCUT2D eigenvalue weighted by molar-refractivity contribution is 5.68. The molecule has 0 aliphatic rings. The van der Waals surface area contributed by atoms with E-state index in [0.717, 1.165) is 64.2 Å². The van der Waals surface area contributed by atoms with Gasteiger partial charge in [-0.15, -0.1) is 0 Å². The van der Waals surface area contributed by atoms with E-state index < -0.39 is 0 Å². The Kier molecular flexibility index (Phi) is 17.3. The van der Waals surface area contributed by atoms with Crippen molar-refractivity contribution in [3.8, 4) is 0 Å². The average molecular weight is 346 g/mol. The summed E-state index contributed by atoms with van der Waals surface area (Å²) in [5.74, 6) is -0.589. The van der Waals surface area contributed by atoms with Gasteiger partial charge in [-0.2, -0.15) is 9.78 Å². The summed E-state index contributed by atoms with van der Waals surface area (Å²) in [6, 6.07) is 0. The zero-order chi connectivity index (χ0) is 17.9. The van der Waals surface area contributed by atoms with Crippen LogP contribution in [0.25, 0.3) is 0 Å². The number of carbonyl (C=O) groups is 2. The van der Waals surface area contributed by atoms with E-state index in [1.807, 2.05) is 0 Å². The third-order valence-electron chi connectivity index (χ3n) is 3.48. The molecule has 0 bridgehead atoms. The SMILES string of the molecule is CCCCOOC(=O)CCCCCCCCC(=O)OOCCCC. The molecule has 0 heterocycles. The van der Waals surface area contributed by atoms with Gasteiger partial charge in [0.1, 0.15) is 0 Å². The molecule has 0 atom stereocenters. The monoisotopic (exact) mass is 346 g/mol. The van der Waals surface area contributed by atoms with E-state index in [4.69, 9.17) is 9.78 Å². The van der Waals surface area contributed by atoms with Crippen LogP contribution in [-0.4, -0.2) is 25.2 Å². The highest BCUT2D eigenvalue weighted by Gasteiger charge is 2.05. The minimum atomic E-state index is -0.295. The van der Waals surface area contributed by atoms with Gasteiger partial charge in [0.15, 0.2) is 0 Å². The molecule has 0 fully saturated rings. The second-order valence-corrected chi connectivity index (χ2v) is 5.88. The standard InChI is InChI=1S/C18H34O6/c1-3-5-15-21-23-17(19)13-11-9-7-8-10-12-14-18(20)24-22-16-6-4-2/h3-16H2,1-2H3. The Morgan fingerprint density at radius 1 is 0.583 bits per heavy atom. The molecule has 6 heteroatoms. The Hall–Kier alpha value is -1.14. The molecule has 0 aromatic rings. The van der Waals surface area contributed by atoms with Gasteiger partial charge in [-0.25, -0.2) is 9.59 Å². The maximum absolute atomic E-state index is 11.3. The van der Waals surface area contributed by atoms with Crippen LogP contribution in [0.2, 0.25) is 0 Å². The summed E-state index contributed by atoms with van der Waals surface area (Å²) < 4.78 is 0. The summed E-state index contributed by atoms with van der Waals surface area (Å²) in [7, 11) is 0. The van der Waals surface area contributed by atoms with Crippen molar-refractivity contribution in [3.63, 3.8) is 0 Å². The topological polar surface area (TPSA) is 71.1 Å². The van der Waals surface area contributed by atoms with Gasteiger partial charge in [-0.1, -0.05) is 52.4 Å². The number of rotatable bonds is 17. The molecule has 24 heavy (non-hydrogen) atoms. The fourth-order valence-corrected chi connectivity index (χ4v) is 1.95. The van der Waals surface area contributed by atoms with E-state index in [9.17, 15) is 9.59 Å². The lowest BCUT2D eigenvalue weighted by Crippen LogP contribution is -2.06. The summed E-state index contributed by atoms with van der Waals surface area (Å²) in [5.41, 5.74) is 0. The maximum Gasteiger partial charge on any atom is 0.342 e. The molecule has 142 valence electrons. The lowest BCUT2D eigenvalue weighted by atomic mass is 10.1. The first-order chi connectivity index (χ1) is 11.7. The molecule has 0 amide bonds. The Labute approximate surface area is 146 Å². The minimum absolute atomic E-state index is 0.295. The van der Waals surface area contributed by atoms with E-state index in [1.54, 1.807) is 0 Å². The van der Waals surface area contributed by atoms with Crippen LogP contribution in [-0.2, 0) is 29.1 Å². The number of hydrogen-bond acceptors (Lipinski definition) is 6. The molecule has 0 spiro atoms. The second-order valence-electron chi connectivity index (χ2n) is 5.88. The van der Waals surface area contributed by atoms with Crippen LogP contribution in [0.15, 0.2) is 0 Å². The fourth-order valence-electron chi connectivity index (χ4n) is 1.95. The van der Waals surface area contributed by atoms with Crippen LogP contribution in [0.3, 0.4) is 0 Å². The van der Waals surface area contributed by atoms with E-state index in [0.29, 0.717) is 26.1 Å². The minimum Gasteiger partial charge on any atom is -0.298 e. The lowest BCUT2D eigenvalue weighted by Gasteiger charge is -2.04. The first kappa shape index (κ1) is 22.9. The highest BCUT2D eigenvalue weighted by Crippen LogP contribution is 2.10. The number of carbonyl (C=O) groups excluding carboxylic acids is 2. The molecular weight excluding hydrogens is 312 g/mol. The van der Waals surface area contributed by atoms with Gasteiger partial charge in [0.05, 0.1) is 13.2 Å². The van der Waals surface area contributed by atoms with Crippen LogP contribution in [0.4, 0.5) is 0 Å². The van der Waals surface area contributed by atoms with Crippen LogP contribution in [0.1, 0.15) is 90.9 Å². The van der Waals surface area contributed by atoms with Crippen molar-refractivity contribution < 1.29 is 29.1 Å². The van der Waals surface area contributed by atoms with Gasteiger partial charge in [-0.3, -0.25) is 9.78 Å². The molecule has 0 saturated heterocycles. The summed E-state index contributed by atoms with van der Waals surface area (Å²) >= 11 is 0. The van der Waals surface area contributed by atoms with Crippen LogP contribution in [0.5, 0.6) is 0 Å². The van der Waals surface area contributed by atoms with Crippen LogP contribution >= 0.6 is 0 Å². The van der Waals surface area contributed by atoms with Gasteiger partial charge in [-0.05, 0) is 25.7 Å². The molecule has 0 N–H and O–H groups in total. The normalized spacial score (nSPS) is 10.6. The van der Waals surface area contributed by atoms with Crippen molar-refractivity contribution in [2.75, 3.05) is 13.2 Å². The maximum atomic E-state index is 11.3. The molecule has 0 rings (SSSR count). The van der Waals surface area contributed by atoms with Gasteiger partial charge in [0.25, 0.3) is 0 Å². The second kappa shape index (κ2) is 18.2. The molecule has 0 saturated carbocycles. The average Bonchev–Trinajstić information content (AvgIpc) is 2.58. The van der Waals surface area contributed by atoms with Gasteiger partial charge >= 0.3 is 11.9 Å². The van der Waals surface area contributed by atoms with Gasteiger partial charge < -0.3 is 0 Å². The summed E-state index contributed by atoms with van der Waals surface area (Å²) in [4.78, 5) is 41.6. The largest absolute Gasteiger partial charge is 0.342 e. The Morgan fingerprint density at radius 3 is 1.33 bits per heavy atom. The molecule has 0 unspecified atom stereocenters. The van der Waals surface area contributed by atoms with E-state index >= 15 is 0 Å². The highest BCUT2D eigenvalue weighted by atomic mass is 17.2. The van der Waals surface area contributed by atoms with Crippen molar-refractivity contribution in [2.24, 2.45) is 0 Å². The Bertz CT molecular complexity index is 276. The molecule has 6 nitrogen and oxygen atoms in total. The lowest BCUT2D eigenvalue weighted by molar-refractivity contribution is -0.273. The quantitative estimate of drug-likeness (QED) is 0.217. The zero-order valence-corrected chi connectivity index (χ0v) is 15.3. The first-order valence-electron chi connectivity index (χ1n) is 9.35. The summed E-state index contributed by atoms with van der Waals surface area (Å²) in [6.45, 7) is 5.04. The first-order valence-corrected chi connectivity index (χ1v) is 9.35. The molecule has 0 radical (unpaired) electrons. The van der Waals surface area contributed by atoms with E-state index in [1.165, 1.54) is 0 Å². The predicted molar refractivity (Wildman–Crippen MR) is 90.8 cm³/mol. The smallest absolute Gasteiger partial charge is 0.298 e. The van der Waals surface area contributed by atoms with Crippen molar-refractivity contribution in [3.05, 3.63) is 0 Å². The number of hydrogen-bond donors (Lipinski definition) is 0. The molecule has 0 aromatic heterocycles. The Balaban J connectivity index is 3.24. The molecule has 0 aliphatic carbocycles. The van der Waals surface area contributed by atoms with Gasteiger partial charge in [0.2, 0.25) is 0 Å². The predicted octanol–water partition coefficient (Wildman–Crippen LogP) is 4.66. The summed E-state index contributed by atoms with van der Waals surface area (Å²) in [6.07, 6.45) is 10.3. The van der Waals surface area contributed by atoms with Crippen molar-refractivity contribution in [2.45, 2.75) is 90.9 Å². The van der Waals surface area contributed by atoms with E-state index in [2.05, 4.69) is 23.6 Å². The van der Waals surface area contributed by atoms with Gasteiger partial charge in [0, 0.05) is 12.8 Å². The third kappa shape index (κ3) is 17.2. The fraction of sp³-hybridized carbons (Fsp3) is 0.889. The summed E-state index contributed by atoms with van der Waals surface area (Å²) in [5, 5.41) is 0. The Morgan fingerprint density at radius 2 is 0.958 bits per heavy atom. The third-order valence-corrected chi connectivity index (χ3v) is 3.48. The number of unbranched alkanes of at least 4 members (excludes halogenated alkanes) is 7. The van der Waals surface area contributed by atoms with Crippen LogP contribution in [0, 0.1) is 0 Å². The van der Waals surface area contributed by atoms with Crippen molar-refractivity contribution in [1.29, 1.82) is 0 Å². The van der Waals surface area contributed by atoms with Crippen molar-refractivity contribution >= 4 is 11.9 Å². The van der Waals surface area contributed by atoms with Crippen molar-refractivity contribution in [1.82, 2.24) is 0 Å². The zero-order valence-electron chi connectivity index (χ0n) is 15.3.